The molecule has 3 N–H and O–H groups in total. The zero-order valence-electron chi connectivity index (χ0n) is 23.3. The maximum atomic E-state index is 13.5. The highest BCUT2D eigenvalue weighted by molar-refractivity contribution is 8.00. The first-order valence-corrected chi connectivity index (χ1v) is 14.4. The van der Waals surface area contributed by atoms with Gasteiger partial charge in [-0.1, -0.05) is 35.6 Å². The van der Waals surface area contributed by atoms with Gasteiger partial charge in [0.25, 0.3) is 11.8 Å². The molecule has 4 rings (SSSR count). The van der Waals surface area contributed by atoms with Gasteiger partial charge in [0.1, 0.15) is 22.2 Å². The number of thioether (sulfide) groups is 1. The first-order chi connectivity index (χ1) is 20.2. The van der Waals surface area contributed by atoms with Gasteiger partial charge in [-0.2, -0.15) is 0 Å². The monoisotopic (exact) mass is 603 g/mol. The van der Waals surface area contributed by atoms with Crippen molar-refractivity contribution >= 4 is 57.7 Å². The molecule has 0 spiro atoms. The zero-order valence-corrected chi connectivity index (χ0v) is 25.0. The molecule has 0 fully saturated rings. The molecule has 0 aliphatic carbocycles. The molecule has 42 heavy (non-hydrogen) atoms. The summed E-state index contributed by atoms with van der Waals surface area (Å²) < 4.78 is 10.7. The summed E-state index contributed by atoms with van der Waals surface area (Å²) in [6.45, 7) is 3.59. The smallest absolute Gasteiger partial charge is 0.272 e. The van der Waals surface area contributed by atoms with Crippen LogP contribution in [0.4, 0.5) is 10.8 Å². The summed E-state index contributed by atoms with van der Waals surface area (Å²) in [7, 11) is 3.05. The lowest BCUT2D eigenvalue weighted by Gasteiger charge is -2.14. The van der Waals surface area contributed by atoms with E-state index in [9.17, 15) is 14.4 Å². The Labute approximate surface area is 251 Å². The van der Waals surface area contributed by atoms with Gasteiger partial charge in [0.05, 0.1) is 19.5 Å². The Morgan fingerprint density at radius 2 is 1.71 bits per heavy atom. The Morgan fingerprint density at radius 1 is 0.929 bits per heavy atom. The van der Waals surface area contributed by atoms with Crippen LogP contribution in [-0.2, 0) is 9.59 Å². The zero-order chi connectivity index (χ0) is 30.1. The largest absolute Gasteiger partial charge is 0.497 e. The summed E-state index contributed by atoms with van der Waals surface area (Å²) in [5.74, 6) is -0.161. The molecule has 0 saturated carbocycles. The van der Waals surface area contributed by atoms with E-state index in [1.807, 2.05) is 13.0 Å². The number of anilines is 2. The minimum absolute atomic E-state index is 0.00507. The average molecular weight is 604 g/mol. The fourth-order valence-corrected chi connectivity index (χ4v) is 5.21. The molecule has 1 aromatic heterocycles. The number of rotatable bonds is 11. The van der Waals surface area contributed by atoms with Gasteiger partial charge >= 0.3 is 0 Å². The number of hydrogen-bond acceptors (Lipinski definition) is 9. The average Bonchev–Trinajstić information content (AvgIpc) is 3.41. The van der Waals surface area contributed by atoms with Crippen molar-refractivity contribution in [3.8, 4) is 11.5 Å². The van der Waals surface area contributed by atoms with Gasteiger partial charge in [0, 0.05) is 27.8 Å². The molecule has 1 unspecified atom stereocenters. The Balaban J connectivity index is 1.53. The number of carbonyl (C=O) groups is 3. The van der Waals surface area contributed by atoms with Crippen LogP contribution in [0.3, 0.4) is 0 Å². The normalized spacial score (nSPS) is 11.8. The molecular weight excluding hydrogens is 574 g/mol. The second kappa shape index (κ2) is 14.3. The number of hydrogen-bond donors (Lipinski definition) is 3. The van der Waals surface area contributed by atoms with Crippen molar-refractivity contribution in [3.05, 3.63) is 94.6 Å². The van der Waals surface area contributed by atoms with Crippen LogP contribution in [0.2, 0.25) is 0 Å². The molecule has 0 saturated heterocycles. The van der Waals surface area contributed by atoms with Crippen LogP contribution in [-0.4, -0.2) is 47.4 Å². The van der Waals surface area contributed by atoms with Gasteiger partial charge in [0.15, 0.2) is 0 Å². The Hall–Kier alpha value is -4.68. The molecule has 10 nitrogen and oxygen atoms in total. The van der Waals surface area contributed by atoms with Crippen LogP contribution in [0.25, 0.3) is 6.08 Å². The van der Waals surface area contributed by atoms with Crippen LogP contribution in [0.5, 0.6) is 11.5 Å². The molecule has 0 aliphatic rings. The number of methoxy groups -OCH3 is 2. The lowest BCUT2D eigenvalue weighted by atomic mass is 10.1. The number of ether oxygens (including phenoxy) is 2. The maximum absolute atomic E-state index is 13.5. The van der Waals surface area contributed by atoms with Crippen LogP contribution < -0.4 is 25.4 Å². The SMILES string of the molecule is COc1ccc(/C=C(/NC(=O)c2ccccc2)C(=O)Nc2cccc(SC(C)C(=O)Nc3nnc(C)s3)c2)c(OC)c1. The topological polar surface area (TPSA) is 132 Å². The predicted molar refractivity (Wildman–Crippen MR) is 165 cm³/mol. The first-order valence-electron chi connectivity index (χ1n) is 12.7. The third-order valence-electron chi connectivity index (χ3n) is 5.80. The highest BCUT2D eigenvalue weighted by Crippen LogP contribution is 2.29. The van der Waals surface area contributed by atoms with E-state index >= 15 is 0 Å². The minimum Gasteiger partial charge on any atom is -0.497 e. The van der Waals surface area contributed by atoms with Crippen LogP contribution in [0.1, 0.15) is 27.9 Å². The van der Waals surface area contributed by atoms with Crippen molar-refractivity contribution in [1.82, 2.24) is 15.5 Å². The van der Waals surface area contributed by atoms with E-state index in [4.69, 9.17) is 9.47 Å². The summed E-state index contributed by atoms with van der Waals surface area (Å²) in [6.07, 6.45) is 1.54. The van der Waals surface area contributed by atoms with Crippen molar-refractivity contribution in [2.75, 3.05) is 24.9 Å². The molecule has 3 amide bonds. The molecule has 0 aliphatic heterocycles. The van der Waals surface area contributed by atoms with Gasteiger partial charge < -0.3 is 20.1 Å². The number of carbonyl (C=O) groups excluding carboxylic acids is 3. The molecule has 0 bridgehead atoms. The van der Waals surface area contributed by atoms with E-state index in [0.29, 0.717) is 33.4 Å². The number of aryl methyl sites for hydroxylation is 1. The molecule has 0 radical (unpaired) electrons. The quantitative estimate of drug-likeness (QED) is 0.154. The summed E-state index contributed by atoms with van der Waals surface area (Å²) in [5.41, 5.74) is 1.45. The van der Waals surface area contributed by atoms with Crippen LogP contribution in [0.15, 0.2) is 83.4 Å². The Kier molecular flexibility index (Phi) is 10.3. The second-order valence-corrected chi connectivity index (χ2v) is 11.4. The van der Waals surface area contributed by atoms with Crippen molar-refractivity contribution in [3.63, 3.8) is 0 Å². The molecule has 4 aromatic rings. The predicted octanol–water partition coefficient (Wildman–Crippen LogP) is 5.39. The third kappa shape index (κ3) is 8.18. The maximum Gasteiger partial charge on any atom is 0.272 e. The Bertz CT molecular complexity index is 1610. The van der Waals surface area contributed by atoms with Crippen molar-refractivity contribution < 1.29 is 23.9 Å². The van der Waals surface area contributed by atoms with Gasteiger partial charge in [0.2, 0.25) is 11.0 Å². The number of aromatic nitrogens is 2. The number of nitrogens with zero attached hydrogens (tertiary/aromatic N) is 2. The molecule has 12 heteroatoms. The van der Waals surface area contributed by atoms with Crippen molar-refractivity contribution in [1.29, 1.82) is 0 Å². The molecule has 1 atom stereocenters. The molecule has 3 aromatic carbocycles. The highest BCUT2D eigenvalue weighted by Gasteiger charge is 2.19. The second-order valence-electron chi connectivity index (χ2n) is 8.84. The minimum atomic E-state index is -0.545. The number of benzene rings is 3. The van der Waals surface area contributed by atoms with E-state index in [1.165, 1.54) is 36.3 Å². The lowest BCUT2D eigenvalue weighted by Crippen LogP contribution is -2.30. The molecule has 1 heterocycles. The van der Waals surface area contributed by atoms with Crippen LogP contribution >= 0.6 is 23.1 Å². The summed E-state index contributed by atoms with van der Waals surface area (Å²) in [6, 6.07) is 20.8. The standard InChI is InChI=1S/C30H29N5O5S2/c1-18(27(36)33-30-35-34-19(2)42-30)41-24-12-8-11-22(16-24)31-29(38)25(32-28(37)20-9-6-5-7-10-20)15-21-13-14-23(39-3)17-26(21)40-4/h5-18H,1-4H3,(H,31,38)(H,32,37)(H,33,35,36)/b25-15+. The fraction of sp³-hybridized carbons (Fsp3) is 0.167. The van der Waals surface area contributed by atoms with Crippen molar-refractivity contribution in [2.24, 2.45) is 0 Å². The van der Waals surface area contributed by atoms with E-state index < -0.39 is 17.1 Å². The molecular formula is C30H29N5O5S2. The summed E-state index contributed by atoms with van der Waals surface area (Å²) in [5, 5.41) is 16.9. The van der Waals surface area contributed by atoms with Crippen LogP contribution in [0, 0.1) is 6.92 Å². The van der Waals surface area contributed by atoms with Crippen molar-refractivity contribution in [2.45, 2.75) is 24.0 Å². The van der Waals surface area contributed by atoms with Gasteiger partial charge in [-0.15, -0.1) is 22.0 Å². The number of nitrogens with one attached hydrogen (secondary N) is 3. The van der Waals surface area contributed by atoms with Gasteiger partial charge in [-0.05, 0) is 62.4 Å². The molecule has 216 valence electrons. The van der Waals surface area contributed by atoms with E-state index in [1.54, 1.807) is 80.8 Å². The lowest BCUT2D eigenvalue weighted by molar-refractivity contribution is -0.115. The van der Waals surface area contributed by atoms with E-state index in [0.717, 1.165) is 9.90 Å². The number of amides is 3. The first kappa shape index (κ1) is 30.3. The fourth-order valence-electron chi connectivity index (χ4n) is 3.69. The third-order valence-corrected chi connectivity index (χ3v) is 7.65. The van der Waals surface area contributed by atoms with Gasteiger partial charge in [-0.25, -0.2) is 0 Å². The Morgan fingerprint density at radius 3 is 2.40 bits per heavy atom. The van der Waals surface area contributed by atoms with E-state index in [2.05, 4.69) is 26.1 Å². The van der Waals surface area contributed by atoms with Gasteiger partial charge in [-0.3, -0.25) is 19.7 Å². The summed E-state index contributed by atoms with van der Waals surface area (Å²) in [4.78, 5) is 39.9. The summed E-state index contributed by atoms with van der Waals surface area (Å²) >= 11 is 2.63. The van der Waals surface area contributed by atoms with E-state index in [-0.39, 0.29) is 11.6 Å². The highest BCUT2D eigenvalue weighted by atomic mass is 32.2.